The molecule has 0 amide bonds. The van der Waals surface area contributed by atoms with Gasteiger partial charge in [0.2, 0.25) is 0 Å². The van der Waals surface area contributed by atoms with Gasteiger partial charge in [0.05, 0.1) is 0 Å². The molecule has 0 fully saturated rings. The van der Waals surface area contributed by atoms with Crippen LogP contribution < -0.4 is 0 Å². The van der Waals surface area contributed by atoms with E-state index in [9.17, 15) is 0 Å². The third kappa shape index (κ3) is 10.5. The normalized spacial score (nSPS) is 14.4. The van der Waals surface area contributed by atoms with Gasteiger partial charge in [0.25, 0.3) is 0 Å². The van der Waals surface area contributed by atoms with Crippen molar-refractivity contribution >= 4 is 0 Å². The van der Waals surface area contributed by atoms with E-state index in [2.05, 4.69) is 13.8 Å². The van der Waals surface area contributed by atoms with Gasteiger partial charge in [0.1, 0.15) is 0 Å². The summed E-state index contributed by atoms with van der Waals surface area (Å²) in [4.78, 5) is 0. The Kier molecular flexibility index (Phi) is 14.0. The zero-order valence-electron chi connectivity index (χ0n) is 12.3. The predicted molar refractivity (Wildman–Crippen MR) is 70.3 cm³/mol. The molecule has 2 unspecified atom stereocenters. The van der Waals surface area contributed by atoms with Crippen LogP contribution in [-0.4, -0.2) is 26.4 Å². The minimum atomic E-state index is -0.754. The fourth-order valence-corrected chi connectivity index (χ4v) is 10.7. The van der Waals surface area contributed by atoms with Crippen molar-refractivity contribution in [2.24, 2.45) is 0 Å². The van der Waals surface area contributed by atoms with Gasteiger partial charge >= 0.3 is 121 Å². The fraction of sp³-hybridized carbons (Fsp3) is 1.00. The summed E-state index contributed by atoms with van der Waals surface area (Å²) in [6.45, 7) is 4.51. The summed E-state index contributed by atoms with van der Waals surface area (Å²) in [6.07, 6.45) is 8.84. The second kappa shape index (κ2) is 13.3. The van der Waals surface area contributed by atoms with Crippen molar-refractivity contribution in [1.29, 1.82) is 0 Å². The third-order valence-electron chi connectivity index (χ3n) is 3.48. The van der Waals surface area contributed by atoms with Crippen LogP contribution in [0.5, 0.6) is 0 Å². The van der Waals surface area contributed by atoms with E-state index in [1.807, 2.05) is 14.2 Å². The van der Waals surface area contributed by atoms with Gasteiger partial charge in [0.15, 0.2) is 0 Å². The molecule has 0 saturated carbocycles. The number of hydrogen-bond acceptors (Lipinski definition) is 2. The van der Waals surface area contributed by atoms with Crippen LogP contribution in [0.2, 0.25) is 7.86 Å². The van der Waals surface area contributed by atoms with E-state index in [0.717, 1.165) is 0 Å². The van der Waals surface area contributed by atoms with Crippen LogP contribution in [0.3, 0.4) is 0 Å². The molecule has 3 heteroatoms. The van der Waals surface area contributed by atoms with Gasteiger partial charge in [-0.2, -0.15) is 0 Å². The van der Waals surface area contributed by atoms with E-state index in [-0.39, 0.29) is 0 Å². The van der Waals surface area contributed by atoms with Crippen LogP contribution >= 0.6 is 0 Å². The van der Waals surface area contributed by atoms with Crippen molar-refractivity contribution in [3.63, 3.8) is 0 Å². The molecule has 0 aromatic rings. The van der Waals surface area contributed by atoms with Crippen LogP contribution in [0.1, 0.15) is 52.4 Å². The van der Waals surface area contributed by atoms with E-state index < -0.39 is 24.6 Å². The Morgan fingerprint density at radius 2 is 1.24 bits per heavy atom. The van der Waals surface area contributed by atoms with E-state index in [1.165, 1.54) is 46.4 Å². The average Bonchev–Trinajstić information content (AvgIpc) is 2.37. The van der Waals surface area contributed by atoms with Crippen LogP contribution in [0.25, 0.3) is 0 Å². The molecule has 0 bridgehead atoms. The maximum atomic E-state index is 5.56. The number of ether oxygens (including phenoxy) is 2. The summed E-state index contributed by atoms with van der Waals surface area (Å²) < 4.78 is 13.9. The Morgan fingerprint density at radius 3 is 1.53 bits per heavy atom. The van der Waals surface area contributed by atoms with Crippen molar-refractivity contribution < 1.29 is 34.0 Å². The summed E-state index contributed by atoms with van der Waals surface area (Å²) in [6, 6.07) is 0. The van der Waals surface area contributed by atoms with Crippen molar-refractivity contribution in [3.8, 4) is 0 Å². The van der Waals surface area contributed by atoms with Gasteiger partial charge in [-0.15, -0.1) is 0 Å². The first-order chi connectivity index (χ1) is 8.28. The Labute approximate surface area is 120 Å². The first kappa shape index (κ1) is 17.9. The van der Waals surface area contributed by atoms with Gasteiger partial charge in [-0.25, -0.2) is 0 Å². The Morgan fingerprint density at radius 1 is 0.824 bits per heavy atom. The van der Waals surface area contributed by atoms with Gasteiger partial charge in [-0.3, -0.25) is 0 Å². The Hall–Kier alpha value is 0.855. The summed E-state index contributed by atoms with van der Waals surface area (Å²) in [5.41, 5.74) is 0. The van der Waals surface area contributed by atoms with E-state index in [1.54, 1.807) is 0 Å². The second-order valence-electron chi connectivity index (χ2n) is 4.93. The maximum absolute atomic E-state index is 5.56. The monoisotopic (exact) mass is 432 g/mol. The molecule has 0 saturated heterocycles. The SMILES string of the molecule is CCCCC([CH2][Hg][CH2]C(CCCC)OC)OC. The molecular weight excluding hydrogens is 401 g/mol. The minimum absolute atomic E-state index is 0.556. The zero-order chi connectivity index (χ0) is 12.9. The summed E-state index contributed by atoms with van der Waals surface area (Å²) >= 11 is -0.754. The van der Waals surface area contributed by atoms with Gasteiger partial charge in [-0.05, 0) is 0 Å². The molecular formula is C14H30HgO2. The molecule has 0 spiro atoms. The van der Waals surface area contributed by atoms with E-state index in [0.29, 0.717) is 12.2 Å². The summed E-state index contributed by atoms with van der Waals surface area (Å²) in [7, 11) is 3.75. The van der Waals surface area contributed by atoms with Gasteiger partial charge in [0, 0.05) is 0 Å². The molecule has 0 aliphatic carbocycles. The number of unbranched alkanes of at least 4 members (excludes halogenated alkanes) is 2. The van der Waals surface area contributed by atoms with Crippen molar-refractivity contribution in [2.45, 2.75) is 72.4 Å². The van der Waals surface area contributed by atoms with Gasteiger partial charge in [-0.1, -0.05) is 0 Å². The zero-order valence-corrected chi connectivity index (χ0v) is 17.8. The summed E-state index contributed by atoms with van der Waals surface area (Å²) in [5, 5.41) is 0. The van der Waals surface area contributed by atoms with Crippen LogP contribution in [0.15, 0.2) is 0 Å². The fourth-order valence-electron chi connectivity index (χ4n) is 2.20. The molecule has 0 aromatic carbocycles. The molecule has 100 valence electrons. The molecule has 17 heavy (non-hydrogen) atoms. The van der Waals surface area contributed by atoms with Crippen LogP contribution in [0.4, 0.5) is 0 Å². The summed E-state index contributed by atoms with van der Waals surface area (Å²) in [5.74, 6) is 0. The Balaban J connectivity index is 3.61. The van der Waals surface area contributed by atoms with Crippen molar-refractivity contribution in [3.05, 3.63) is 0 Å². The van der Waals surface area contributed by atoms with Crippen molar-refractivity contribution in [2.75, 3.05) is 14.2 Å². The molecule has 0 aromatic heterocycles. The topological polar surface area (TPSA) is 18.5 Å². The quantitative estimate of drug-likeness (QED) is 0.429. The molecule has 0 heterocycles. The second-order valence-corrected chi connectivity index (χ2v) is 12.2. The molecule has 2 atom stereocenters. The number of hydrogen-bond donors (Lipinski definition) is 0. The molecule has 0 aliphatic rings. The van der Waals surface area contributed by atoms with Gasteiger partial charge < -0.3 is 0 Å². The molecule has 0 rings (SSSR count). The average molecular weight is 431 g/mol. The molecule has 0 radical (unpaired) electrons. The van der Waals surface area contributed by atoms with Crippen LogP contribution in [0, 0.1) is 0 Å². The number of methoxy groups -OCH3 is 2. The number of rotatable bonds is 12. The van der Waals surface area contributed by atoms with Crippen molar-refractivity contribution in [1.82, 2.24) is 0 Å². The van der Waals surface area contributed by atoms with E-state index >= 15 is 0 Å². The molecule has 2 nitrogen and oxygen atoms in total. The predicted octanol–water partition coefficient (Wildman–Crippen LogP) is 4.32. The first-order valence-corrected chi connectivity index (χ1v) is 15.1. The molecule has 0 aliphatic heterocycles. The Bertz CT molecular complexity index is 137. The third-order valence-corrected chi connectivity index (χ3v) is 11.7. The standard InChI is InChI=1S/2C7H15O.Hg/c2*1-4-5-6-7(2)8-3;/h2*7H,2,4-6H2,1,3H3;. The first-order valence-electron chi connectivity index (χ1n) is 7.34. The van der Waals surface area contributed by atoms with E-state index in [4.69, 9.17) is 9.47 Å². The van der Waals surface area contributed by atoms with Crippen LogP contribution in [-0.2, 0) is 34.0 Å². The molecule has 0 N–H and O–H groups in total.